The monoisotopic (exact) mass is 319 g/mol. The number of aryl methyl sites for hydroxylation is 1. The zero-order valence-electron chi connectivity index (χ0n) is 11.0. The number of hydrogen-bond acceptors (Lipinski definition) is 2. The van der Waals surface area contributed by atoms with Crippen LogP contribution in [0, 0.1) is 0 Å². The van der Waals surface area contributed by atoms with Crippen molar-refractivity contribution in [1.29, 1.82) is 0 Å². The Bertz CT molecular complexity index is 563. The molecule has 100 valence electrons. The molecule has 0 saturated carbocycles. The molecule has 1 aliphatic carbocycles. The van der Waals surface area contributed by atoms with Crippen LogP contribution in [0.25, 0.3) is 0 Å². The summed E-state index contributed by atoms with van der Waals surface area (Å²) in [5, 5.41) is 3.72. The standard InChI is InChI=1S/C16H18BrNO/c1-11(12-4-2-5-13(17)10-12)18-15-6-3-7-16-14(15)8-9-19-16/h2,4-5,8-11,15,18H,3,6-7H2,1H3. The second-order valence-corrected chi connectivity index (χ2v) is 6.10. The van der Waals surface area contributed by atoms with Gasteiger partial charge in [-0.2, -0.15) is 0 Å². The average Bonchev–Trinajstić information content (AvgIpc) is 2.88. The lowest BCUT2D eigenvalue weighted by Crippen LogP contribution is -2.27. The number of furan rings is 1. The van der Waals surface area contributed by atoms with Crippen molar-refractivity contribution in [3.63, 3.8) is 0 Å². The van der Waals surface area contributed by atoms with E-state index in [1.54, 1.807) is 0 Å². The predicted molar refractivity (Wildman–Crippen MR) is 80.1 cm³/mol. The van der Waals surface area contributed by atoms with Crippen LogP contribution in [-0.2, 0) is 6.42 Å². The van der Waals surface area contributed by atoms with E-state index in [1.165, 1.54) is 24.0 Å². The van der Waals surface area contributed by atoms with Gasteiger partial charge < -0.3 is 9.73 Å². The van der Waals surface area contributed by atoms with Crippen molar-refractivity contribution in [3.8, 4) is 0 Å². The van der Waals surface area contributed by atoms with Crippen molar-refractivity contribution in [2.24, 2.45) is 0 Å². The molecule has 1 N–H and O–H groups in total. The van der Waals surface area contributed by atoms with Gasteiger partial charge in [-0.05, 0) is 43.5 Å². The summed E-state index contributed by atoms with van der Waals surface area (Å²) in [7, 11) is 0. The van der Waals surface area contributed by atoms with Gasteiger partial charge >= 0.3 is 0 Å². The van der Waals surface area contributed by atoms with Gasteiger partial charge in [-0.15, -0.1) is 0 Å². The van der Waals surface area contributed by atoms with Crippen LogP contribution in [-0.4, -0.2) is 0 Å². The minimum absolute atomic E-state index is 0.336. The van der Waals surface area contributed by atoms with E-state index in [4.69, 9.17) is 4.42 Å². The fraction of sp³-hybridized carbons (Fsp3) is 0.375. The zero-order chi connectivity index (χ0) is 13.2. The highest BCUT2D eigenvalue weighted by molar-refractivity contribution is 9.10. The maximum atomic E-state index is 5.55. The van der Waals surface area contributed by atoms with Crippen molar-refractivity contribution >= 4 is 15.9 Å². The minimum atomic E-state index is 0.336. The van der Waals surface area contributed by atoms with Crippen LogP contribution in [0.2, 0.25) is 0 Å². The molecule has 0 spiro atoms. The van der Waals surface area contributed by atoms with E-state index in [0.717, 1.165) is 16.7 Å². The van der Waals surface area contributed by atoms with Gasteiger partial charge in [0.1, 0.15) is 5.76 Å². The molecule has 1 aliphatic rings. The highest BCUT2D eigenvalue weighted by atomic mass is 79.9. The van der Waals surface area contributed by atoms with Crippen LogP contribution >= 0.6 is 15.9 Å². The Morgan fingerprint density at radius 2 is 2.26 bits per heavy atom. The quantitative estimate of drug-likeness (QED) is 0.881. The van der Waals surface area contributed by atoms with Crippen molar-refractivity contribution in [1.82, 2.24) is 5.32 Å². The molecule has 0 saturated heterocycles. The topological polar surface area (TPSA) is 25.2 Å². The normalized spacial score (nSPS) is 20.0. The maximum absolute atomic E-state index is 5.55. The van der Waals surface area contributed by atoms with Crippen LogP contribution in [0.4, 0.5) is 0 Å². The lowest BCUT2D eigenvalue weighted by Gasteiger charge is -2.26. The summed E-state index contributed by atoms with van der Waals surface area (Å²) >= 11 is 3.53. The van der Waals surface area contributed by atoms with E-state index in [-0.39, 0.29) is 0 Å². The van der Waals surface area contributed by atoms with Gasteiger partial charge in [-0.3, -0.25) is 0 Å². The molecule has 0 bridgehead atoms. The number of halogens is 1. The summed E-state index contributed by atoms with van der Waals surface area (Å²) < 4.78 is 6.68. The Labute approximate surface area is 122 Å². The summed E-state index contributed by atoms with van der Waals surface area (Å²) in [6.45, 7) is 2.22. The third-order valence-corrected chi connectivity index (χ3v) is 4.35. The molecule has 0 amide bonds. The predicted octanol–water partition coefficient (Wildman–Crippen LogP) is 4.77. The number of hydrogen-bond donors (Lipinski definition) is 1. The van der Waals surface area contributed by atoms with E-state index in [2.05, 4.69) is 58.5 Å². The van der Waals surface area contributed by atoms with Gasteiger partial charge in [0.2, 0.25) is 0 Å². The molecule has 19 heavy (non-hydrogen) atoms. The molecule has 2 unspecified atom stereocenters. The fourth-order valence-corrected chi connectivity index (χ4v) is 3.25. The van der Waals surface area contributed by atoms with Crippen molar-refractivity contribution in [2.75, 3.05) is 0 Å². The highest BCUT2D eigenvalue weighted by Gasteiger charge is 2.23. The number of rotatable bonds is 3. The minimum Gasteiger partial charge on any atom is -0.469 e. The first kappa shape index (κ1) is 12.9. The largest absolute Gasteiger partial charge is 0.469 e. The number of fused-ring (bicyclic) bond motifs is 1. The van der Waals surface area contributed by atoms with Crippen LogP contribution in [0.3, 0.4) is 0 Å². The third kappa shape index (κ3) is 2.77. The summed E-state index contributed by atoms with van der Waals surface area (Å²) in [6.07, 6.45) is 5.27. The number of nitrogens with one attached hydrogen (secondary N) is 1. The first-order chi connectivity index (χ1) is 9.24. The molecule has 0 radical (unpaired) electrons. The fourth-order valence-electron chi connectivity index (χ4n) is 2.83. The summed E-state index contributed by atoms with van der Waals surface area (Å²) in [5.74, 6) is 1.16. The lowest BCUT2D eigenvalue weighted by molar-refractivity contribution is 0.385. The van der Waals surface area contributed by atoms with Crippen LogP contribution < -0.4 is 5.32 Å². The molecule has 2 nitrogen and oxygen atoms in total. The molecule has 3 heteroatoms. The molecule has 1 aromatic heterocycles. The van der Waals surface area contributed by atoms with Crippen molar-refractivity contribution in [3.05, 3.63) is 58.0 Å². The average molecular weight is 320 g/mol. The van der Waals surface area contributed by atoms with E-state index < -0.39 is 0 Å². The molecular formula is C16H18BrNO. The summed E-state index contributed by atoms with van der Waals surface area (Å²) in [5.41, 5.74) is 2.65. The van der Waals surface area contributed by atoms with Crippen LogP contribution in [0.5, 0.6) is 0 Å². The Morgan fingerprint density at radius 3 is 3.11 bits per heavy atom. The summed E-state index contributed by atoms with van der Waals surface area (Å²) in [6, 6.07) is 11.4. The smallest absolute Gasteiger partial charge is 0.108 e. The van der Waals surface area contributed by atoms with Gasteiger partial charge in [0.05, 0.1) is 6.26 Å². The Balaban J connectivity index is 1.76. The zero-order valence-corrected chi connectivity index (χ0v) is 12.6. The lowest BCUT2D eigenvalue weighted by atomic mass is 9.92. The third-order valence-electron chi connectivity index (χ3n) is 3.85. The van der Waals surface area contributed by atoms with Gasteiger partial charge in [0.25, 0.3) is 0 Å². The Kier molecular flexibility index (Phi) is 3.76. The maximum Gasteiger partial charge on any atom is 0.108 e. The second-order valence-electron chi connectivity index (χ2n) is 5.19. The molecule has 3 rings (SSSR count). The SMILES string of the molecule is CC(NC1CCCc2occc21)c1cccc(Br)c1. The first-order valence-electron chi connectivity index (χ1n) is 6.82. The number of benzene rings is 1. The van der Waals surface area contributed by atoms with Gasteiger partial charge in [0, 0.05) is 28.5 Å². The Hall–Kier alpha value is -1.06. The van der Waals surface area contributed by atoms with Crippen molar-refractivity contribution in [2.45, 2.75) is 38.3 Å². The molecule has 2 atom stereocenters. The van der Waals surface area contributed by atoms with Gasteiger partial charge in [-0.1, -0.05) is 28.1 Å². The van der Waals surface area contributed by atoms with E-state index in [1.807, 2.05) is 6.26 Å². The molecule has 0 aliphatic heterocycles. The van der Waals surface area contributed by atoms with Gasteiger partial charge in [0.15, 0.2) is 0 Å². The van der Waals surface area contributed by atoms with Crippen LogP contribution in [0.15, 0.2) is 45.5 Å². The molecule has 1 aromatic carbocycles. The second kappa shape index (κ2) is 5.51. The van der Waals surface area contributed by atoms with Crippen LogP contribution in [0.1, 0.15) is 48.7 Å². The summed E-state index contributed by atoms with van der Waals surface area (Å²) in [4.78, 5) is 0. The van der Waals surface area contributed by atoms with E-state index in [0.29, 0.717) is 12.1 Å². The van der Waals surface area contributed by atoms with E-state index in [9.17, 15) is 0 Å². The highest BCUT2D eigenvalue weighted by Crippen LogP contribution is 2.32. The van der Waals surface area contributed by atoms with Gasteiger partial charge in [-0.25, -0.2) is 0 Å². The molecule has 2 aromatic rings. The molecule has 0 fully saturated rings. The molecular weight excluding hydrogens is 302 g/mol. The van der Waals surface area contributed by atoms with E-state index >= 15 is 0 Å². The Morgan fingerprint density at radius 1 is 1.37 bits per heavy atom. The molecule has 1 heterocycles. The van der Waals surface area contributed by atoms with Crippen molar-refractivity contribution < 1.29 is 4.42 Å². The first-order valence-corrected chi connectivity index (χ1v) is 7.61.